The summed E-state index contributed by atoms with van der Waals surface area (Å²) < 4.78 is 0. The van der Waals surface area contributed by atoms with Crippen molar-refractivity contribution >= 4 is 48.2 Å². The Morgan fingerprint density at radius 3 is 1.45 bits per heavy atom. The molecular formula is C27H18B2. The Balaban J connectivity index is 1.98. The molecule has 5 rings (SSSR count). The second kappa shape index (κ2) is 6.97. The van der Waals surface area contributed by atoms with Crippen molar-refractivity contribution in [2.24, 2.45) is 0 Å². The molecule has 0 aliphatic heterocycles. The number of aryl methyl sites for hydroxylation is 1. The summed E-state index contributed by atoms with van der Waals surface area (Å²) in [6.45, 7) is 2.14. The van der Waals surface area contributed by atoms with Gasteiger partial charge in [-0.3, -0.25) is 0 Å². The van der Waals surface area contributed by atoms with Crippen LogP contribution in [0.1, 0.15) is 5.56 Å². The molecule has 29 heavy (non-hydrogen) atoms. The number of hydrogen-bond donors (Lipinski definition) is 0. The first-order valence-corrected chi connectivity index (χ1v) is 9.79. The molecule has 0 heterocycles. The molecule has 0 fully saturated rings. The van der Waals surface area contributed by atoms with Gasteiger partial charge in [0.1, 0.15) is 15.7 Å². The molecule has 0 N–H and O–H groups in total. The molecule has 0 saturated heterocycles. The molecule has 0 nitrogen and oxygen atoms in total. The Labute approximate surface area is 174 Å². The summed E-state index contributed by atoms with van der Waals surface area (Å²) in [4.78, 5) is 0. The molecule has 5 aromatic carbocycles. The molecule has 0 spiro atoms. The zero-order valence-corrected chi connectivity index (χ0v) is 16.3. The topological polar surface area (TPSA) is 0 Å². The number of fused-ring (bicyclic) bond motifs is 2. The minimum Gasteiger partial charge on any atom is -0.0966 e. The molecule has 4 radical (unpaired) electrons. The highest BCUT2D eigenvalue weighted by molar-refractivity contribution is 6.33. The average Bonchev–Trinajstić information content (AvgIpc) is 2.74. The summed E-state index contributed by atoms with van der Waals surface area (Å²) in [6, 6.07) is 31.7. The first-order chi connectivity index (χ1) is 14.1. The van der Waals surface area contributed by atoms with Crippen molar-refractivity contribution in [3.05, 3.63) is 96.6 Å². The summed E-state index contributed by atoms with van der Waals surface area (Å²) in [5, 5.41) is 4.97. The Morgan fingerprint density at radius 1 is 0.483 bits per heavy atom. The maximum Gasteiger partial charge on any atom is 0.113 e. The molecule has 5 aromatic rings. The van der Waals surface area contributed by atoms with E-state index in [0.717, 1.165) is 10.9 Å². The highest BCUT2D eigenvalue weighted by Gasteiger charge is 2.16. The van der Waals surface area contributed by atoms with E-state index >= 15 is 0 Å². The fourth-order valence-corrected chi connectivity index (χ4v) is 4.21. The van der Waals surface area contributed by atoms with Crippen molar-refractivity contribution in [3.8, 4) is 22.3 Å². The van der Waals surface area contributed by atoms with E-state index in [4.69, 9.17) is 15.7 Å². The van der Waals surface area contributed by atoms with Crippen LogP contribution in [0.25, 0.3) is 43.8 Å². The number of hydrogen-bond acceptors (Lipinski definition) is 0. The molecule has 0 amide bonds. The minimum atomic E-state index is 0.775. The molecule has 0 saturated carbocycles. The third-order valence-corrected chi connectivity index (χ3v) is 5.58. The van der Waals surface area contributed by atoms with E-state index in [2.05, 4.69) is 73.7 Å². The van der Waals surface area contributed by atoms with Crippen molar-refractivity contribution in [1.29, 1.82) is 0 Å². The summed E-state index contributed by atoms with van der Waals surface area (Å²) in [5.41, 5.74) is 7.64. The quantitative estimate of drug-likeness (QED) is 0.298. The van der Waals surface area contributed by atoms with Crippen LogP contribution in [-0.4, -0.2) is 15.7 Å². The van der Waals surface area contributed by atoms with E-state index in [-0.39, 0.29) is 0 Å². The van der Waals surface area contributed by atoms with Gasteiger partial charge in [-0.05, 0) is 50.7 Å². The van der Waals surface area contributed by atoms with Gasteiger partial charge in [0.15, 0.2) is 0 Å². The highest BCUT2D eigenvalue weighted by Crippen LogP contribution is 2.43. The van der Waals surface area contributed by atoms with Crippen LogP contribution < -0.4 is 10.9 Å². The predicted molar refractivity (Wildman–Crippen MR) is 128 cm³/mol. The van der Waals surface area contributed by atoms with Gasteiger partial charge in [0.2, 0.25) is 0 Å². The van der Waals surface area contributed by atoms with Crippen LogP contribution in [0.4, 0.5) is 0 Å². The average molecular weight is 364 g/mol. The van der Waals surface area contributed by atoms with Gasteiger partial charge in [0, 0.05) is 0 Å². The standard InChI is InChI=1S/C27H18B2/c1-17-6-15-24-25(16-17)27(19-9-13-21(29)14-10-19)23-5-3-2-4-22(23)26(24)18-7-11-20(28)12-8-18/h2-16H,1H3. The van der Waals surface area contributed by atoms with Crippen LogP contribution in [-0.2, 0) is 0 Å². The summed E-state index contributed by atoms with van der Waals surface area (Å²) in [6.07, 6.45) is 0. The van der Waals surface area contributed by atoms with Gasteiger partial charge >= 0.3 is 0 Å². The number of benzene rings is 5. The fraction of sp³-hybridized carbons (Fsp3) is 0.0370. The Hall–Kier alpha value is -3.25. The normalized spacial score (nSPS) is 11.2. The molecule has 132 valence electrons. The van der Waals surface area contributed by atoms with Crippen molar-refractivity contribution in [2.45, 2.75) is 6.92 Å². The molecule has 0 unspecified atom stereocenters. The summed E-state index contributed by atoms with van der Waals surface area (Å²) >= 11 is 0. The van der Waals surface area contributed by atoms with Crippen molar-refractivity contribution in [3.63, 3.8) is 0 Å². The lowest BCUT2D eigenvalue weighted by molar-refractivity contribution is 1.51. The van der Waals surface area contributed by atoms with E-state index in [9.17, 15) is 0 Å². The lowest BCUT2D eigenvalue weighted by atomic mass is 9.84. The first kappa shape index (κ1) is 17.8. The second-order valence-corrected chi connectivity index (χ2v) is 7.59. The molecular weight excluding hydrogens is 346 g/mol. The zero-order chi connectivity index (χ0) is 20.0. The minimum absolute atomic E-state index is 0.775. The van der Waals surface area contributed by atoms with E-state index in [1.165, 1.54) is 49.4 Å². The Kier molecular flexibility index (Phi) is 4.28. The Bertz CT molecular complexity index is 1350. The van der Waals surface area contributed by atoms with Crippen molar-refractivity contribution in [2.75, 3.05) is 0 Å². The first-order valence-electron chi connectivity index (χ1n) is 9.79. The van der Waals surface area contributed by atoms with Gasteiger partial charge in [-0.15, -0.1) is 0 Å². The van der Waals surface area contributed by atoms with Crippen LogP contribution in [0, 0.1) is 6.92 Å². The molecule has 2 heteroatoms. The van der Waals surface area contributed by atoms with Gasteiger partial charge in [0.25, 0.3) is 0 Å². The van der Waals surface area contributed by atoms with Gasteiger partial charge < -0.3 is 0 Å². The van der Waals surface area contributed by atoms with Crippen molar-refractivity contribution < 1.29 is 0 Å². The lowest BCUT2D eigenvalue weighted by Crippen LogP contribution is -2.00. The third-order valence-electron chi connectivity index (χ3n) is 5.58. The predicted octanol–water partition coefficient (Wildman–Crippen LogP) is 5.22. The lowest BCUT2D eigenvalue weighted by Gasteiger charge is -2.18. The number of rotatable bonds is 2. The molecule has 0 aliphatic carbocycles. The van der Waals surface area contributed by atoms with Crippen molar-refractivity contribution in [1.82, 2.24) is 0 Å². The summed E-state index contributed by atoms with van der Waals surface area (Å²) in [7, 11) is 11.9. The second-order valence-electron chi connectivity index (χ2n) is 7.59. The van der Waals surface area contributed by atoms with Crippen LogP contribution in [0.3, 0.4) is 0 Å². The van der Waals surface area contributed by atoms with Crippen LogP contribution in [0.2, 0.25) is 0 Å². The fourth-order valence-electron chi connectivity index (χ4n) is 4.21. The Morgan fingerprint density at radius 2 is 0.931 bits per heavy atom. The van der Waals surface area contributed by atoms with Crippen LogP contribution >= 0.6 is 0 Å². The van der Waals surface area contributed by atoms with E-state index in [0.29, 0.717) is 0 Å². The monoisotopic (exact) mass is 364 g/mol. The SMILES string of the molecule is [B]c1ccc(-c2c3ccccc3c(-c3ccc([B])cc3)c3cc(C)ccc23)cc1. The van der Waals surface area contributed by atoms with E-state index in [1.807, 2.05) is 24.3 Å². The third kappa shape index (κ3) is 3.06. The maximum absolute atomic E-state index is 5.96. The van der Waals surface area contributed by atoms with E-state index < -0.39 is 0 Å². The van der Waals surface area contributed by atoms with Gasteiger partial charge in [-0.25, -0.2) is 0 Å². The molecule has 0 atom stereocenters. The molecule has 0 aromatic heterocycles. The molecule has 0 aliphatic rings. The maximum atomic E-state index is 5.96. The smallest absolute Gasteiger partial charge is 0.0966 e. The van der Waals surface area contributed by atoms with Gasteiger partial charge in [-0.2, -0.15) is 0 Å². The largest absolute Gasteiger partial charge is 0.113 e. The summed E-state index contributed by atoms with van der Waals surface area (Å²) in [5.74, 6) is 0. The highest BCUT2D eigenvalue weighted by atomic mass is 14.2. The van der Waals surface area contributed by atoms with Crippen LogP contribution in [0.15, 0.2) is 91.0 Å². The van der Waals surface area contributed by atoms with Gasteiger partial charge in [0.05, 0.1) is 0 Å². The van der Waals surface area contributed by atoms with Crippen LogP contribution in [0.5, 0.6) is 0 Å². The molecule has 0 bridgehead atoms. The van der Waals surface area contributed by atoms with Gasteiger partial charge in [-0.1, -0.05) is 107 Å². The van der Waals surface area contributed by atoms with E-state index in [1.54, 1.807) is 0 Å². The zero-order valence-electron chi connectivity index (χ0n) is 16.3.